The molecule has 120 valence electrons. The van der Waals surface area contributed by atoms with Gasteiger partial charge in [-0.1, -0.05) is 60.7 Å². The maximum atomic E-state index is 5.42. The van der Waals surface area contributed by atoms with Crippen molar-refractivity contribution >= 4 is 11.8 Å². The molecule has 0 saturated carbocycles. The Morgan fingerprint density at radius 1 is 0.957 bits per heavy atom. The van der Waals surface area contributed by atoms with Crippen LogP contribution in [0.1, 0.15) is 11.1 Å². The molecule has 0 unspecified atom stereocenters. The van der Waals surface area contributed by atoms with E-state index in [1.165, 1.54) is 16.8 Å². The highest BCUT2D eigenvalue weighted by molar-refractivity contribution is 5.54. The van der Waals surface area contributed by atoms with Gasteiger partial charge in [0.05, 0.1) is 13.2 Å². The minimum absolute atomic E-state index is 0.828. The summed E-state index contributed by atoms with van der Waals surface area (Å²) in [6, 6.07) is 19.0. The lowest BCUT2D eigenvalue weighted by Gasteiger charge is -2.27. The van der Waals surface area contributed by atoms with Gasteiger partial charge in [0.1, 0.15) is 0 Å². The first-order valence-electron chi connectivity index (χ1n) is 8.25. The molecule has 0 atom stereocenters. The van der Waals surface area contributed by atoms with Crippen LogP contribution in [-0.4, -0.2) is 37.7 Å². The van der Waals surface area contributed by atoms with Gasteiger partial charge in [-0.3, -0.25) is 4.90 Å². The van der Waals surface area contributed by atoms with Gasteiger partial charge in [0.2, 0.25) is 0 Å². The monoisotopic (exact) mass is 308 g/mol. The van der Waals surface area contributed by atoms with Crippen LogP contribution >= 0.6 is 0 Å². The van der Waals surface area contributed by atoms with Crippen molar-refractivity contribution in [2.24, 2.45) is 0 Å². The molecule has 0 spiro atoms. The van der Waals surface area contributed by atoms with Gasteiger partial charge in [-0.25, -0.2) is 0 Å². The zero-order chi connectivity index (χ0) is 15.7. The number of anilines is 1. The Balaban J connectivity index is 1.56. The van der Waals surface area contributed by atoms with Crippen LogP contribution < -0.4 is 5.32 Å². The predicted molar refractivity (Wildman–Crippen MR) is 96.5 cm³/mol. The minimum Gasteiger partial charge on any atom is -0.381 e. The first-order valence-corrected chi connectivity index (χ1v) is 8.25. The van der Waals surface area contributed by atoms with Crippen molar-refractivity contribution in [2.75, 3.05) is 38.2 Å². The SMILES string of the molecule is C(=C\c1ccccc1)/CNc1ccccc1CN1CCOCC1. The number of morpholine rings is 1. The summed E-state index contributed by atoms with van der Waals surface area (Å²) in [6.07, 6.45) is 4.32. The Bertz CT molecular complexity index is 619. The maximum Gasteiger partial charge on any atom is 0.0594 e. The van der Waals surface area contributed by atoms with Crippen LogP contribution in [0.25, 0.3) is 6.08 Å². The molecule has 1 aliphatic heterocycles. The number of hydrogen-bond acceptors (Lipinski definition) is 3. The molecule has 3 rings (SSSR count). The molecule has 3 heteroatoms. The molecular weight excluding hydrogens is 284 g/mol. The summed E-state index contributed by atoms with van der Waals surface area (Å²) in [5, 5.41) is 3.53. The fourth-order valence-electron chi connectivity index (χ4n) is 2.76. The van der Waals surface area contributed by atoms with E-state index in [9.17, 15) is 0 Å². The molecule has 1 N–H and O–H groups in total. The molecule has 1 fully saturated rings. The first kappa shape index (κ1) is 15.8. The maximum absolute atomic E-state index is 5.42. The van der Waals surface area contributed by atoms with Crippen LogP contribution in [0, 0.1) is 0 Å². The molecule has 0 aliphatic carbocycles. The normalized spacial score (nSPS) is 15.8. The number of rotatable bonds is 6. The molecule has 23 heavy (non-hydrogen) atoms. The Hall–Kier alpha value is -2.10. The fourth-order valence-corrected chi connectivity index (χ4v) is 2.76. The zero-order valence-electron chi connectivity index (χ0n) is 13.4. The molecule has 3 nitrogen and oxygen atoms in total. The zero-order valence-corrected chi connectivity index (χ0v) is 13.4. The van der Waals surface area contributed by atoms with Crippen molar-refractivity contribution < 1.29 is 4.74 Å². The lowest BCUT2D eigenvalue weighted by molar-refractivity contribution is 0.0343. The fraction of sp³-hybridized carbons (Fsp3) is 0.300. The summed E-state index contributed by atoms with van der Waals surface area (Å²) in [4.78, 5) is 2.45. The molecule has 0 aromatic heterocycles. The second-order valence-electron chi connectivity index (χ2n) is 5.74. The average Bonchev–Trinajstić information content (AvgIpc) is 2.62. The van der Waals surface area contributed by atoms with Crippen LogP contribution in [0.4, 0.5) is 5.69 Å². The van der Waals surface area contributed by atoms with Crippen LogP contribution in [-0.2, 0) is 11.3 Å². The second-order valence-corrected chi connectivity index (χ2v) is 5.74. The number of hydrogen-bond donors (Lipinski definition) is 1. The lowest BCUT2D eigenvalue weighted by atomic mass is 10.1. The van der Waals surface area contributed by atoms with Crippen LogP contribution in [0.5, 0.6) is 0 Å². The highest BCUT2D eigenvalue weighted by Crippen LogP contribution is 2.17. The smallest absolute Gasteiger partial charge is 0.0594 e. The lowest BCUT2D eigenvalue weighted by Crippen LogP contribution is -2.35. The summed E-state index contributed by atoms with van der Waals surface area (Å²) < 4.78 is 5.42. The Morgan fingerprint density at radius 3 is 2.52 bits per heavy atom. The summed E-state index contributed by atoms with van der Waals surface area (Å²) in [5.74, 6) is 0. The standard InChI is InChI=1S/C20H24N2O/c1-2-7-18(8-3-1)9-6-12-21-20-11-5-4-10-19(20)17-22-13-15-23-16-14-22/h1-11,21H,12-17H2/b9-6+. The van der Waals surface area contributed by atoms with E-state index in [0.717, 1.165) is 39.4 Å². The number of para-hydroxylation sites is 1. The Labute approximate surface area is 138 Å². The van der Waals surface area contributed by atoms with Crippen LogP contribution in [0.2, 0.25) is 0 Å². The largest absolute Gasteiger partial charge is 0.381 e. The third kappa shape index (κ3) is 4.95. The molecular formula is C20H24N2O. The number of nitrogens with one attached hydrogen (secondary N) is 1. The molecule has 1 aliphatic rings. The van der Waals surface area contributed by atoms with Crippen molar-refractivity contribution in [1.82, 2.24) is 4.90 Å². The summed E-state index contributed by atoms with van der Waals surface area (Å²) in [5.41, 5.74) is 3.80. The van der Waals surface area contributed by atoms with Crippen molar-refractivity contribution in [3.8, 4) is 0 Å². The minimum atomic E-state index is 0.828. The molecule has 0 amide bonds. The van der Waals surface area contributed by atoms with Crippen molar-refractivity contribution in [1.29, 1.82) is 0 Å². The van der Waals surface area contributed by atoms with Gasteiger partial charge in [-0.15, -0.1) is 0 Å². The van der Waals surface area contributed by atoms with E-state index in [2.05, 4.69) is 70.9 Å². The van der Waals surface area contributed by atoms with Gasteiger partial charge < -0.3 is 10.1 Å². The van der Waals surface area contributed by atoms with E-state index in [-0.39, 0.29) is 0 Å². The molecule has 1 heterocycles. The third-order valence-electron chi connectivity index (χ3n) is 4.04. The highest BCUT2D eigenvalue weighted by atomic mass is 16.5. The summed E-state index contributed by atoms with van der Waals surface area (Å²) in [7, 11) is 0. The number of ether oxygens (including phenoxy) is 1. The summed E-state index contributed by atoms with van der Waals surface area (Å²) >= 11 is 0. The van der Waals surface area contributed by atoms with Crippen molar-refractivity contribution in [3.05, 3.63) is 71.8 Å². The number of benzene rings is 2. The quantitative estimate of drug-likeness (QED) is 0.881. The van der Waals surface area contributed by atoms with Gasteiger partial charge in [0.15, 0.2) is 0 Å². The molecule has 0 bridgehead atoms. The van der Waals surface area contributed by atoms with Gasteiger partial charge in [-0.05, 0) is 17.2 Å². The van der Waals surface area contributed by atoms with E-state index < -0.39 is 0 Å². The number of nitrogens with zero attached hydrogens (tertiary/aromatic N) is 1. The van der Waals surface area contributed by atoms with Crippen molar-refractivity contribution in [2.45, 2.75) is 6.54 Å². The molecule has 1 saturated heterocycles. The first-order chi connectivity index (χ1) is 11.4. The van der Waals surface area contributed by atoms with Crippen LogP contribution in [0.3, 0.4) is 0 Å². The van der Waals surface area contributed by atoms with E-state index in [4.69, 9.17) is 4.74 Å². The average molecular weight is 308 g/mol. The van der Waals surface area contributed by atoms with E-state index in [0.29, 0.717) is 0 Å². The van der Waals surface area contributed by atoms with Gasteiger partial charge in [0, 0.05) is 31.9 Å². The molecule has 2 aromatic carbocycles. The van der Waals surface area contributed by atoms with Crippen molar-refractivity contribution in [3.63, 3.8) is 0 Å². The predicted octanol–water partition coefficient (Wildman–Crippen LogP) is 3.64. The topological polar surface area (TPSA) is 24.5 Å². The Morgan fingerprint density at radius 2 is 1.70 bits per heavy atom. The van der Waals surface area contributed by atoms with E-state index in [1.54, 1.807) is 0 Å². The Kier molecular flexibility index (Phi) is 5.84. The van der Waals surface area contributed by atoms with Gasteiger partial charge in [0.25, 0.3) is 0 Å². The van der Waals surface area contributed by atoms with Crippen LogP contribution in [0.15, 0.2) is 60.7 Å². The molecule has 0 radical (unpaired) electrons. The highest BCUT2D eigenvalue weighted by Gasteiger charge is 2.12. The van der Waals surface area contributed by atoms with Gasteiger partial charge >= 0.3 is 0 Å². The van der Waals surface area contributed by atoms with E-state index in [1.807, 2.05) is 6.07 Å². The second kappa shape index (κ2) is 8.51. The summed E-state index contributed by atoms with van der Waals surface area (Å²) in [6.45, 7) is 5.53. The third-order valence-corrected chi connectivity index (χ3v) is 4.04. The van der Waals surface area contributed by atoms with E-state index >= 15 is 0 Å². The molecule has 2 aromatic rings. The van der Waals surface area contributed by atoms with Gasteiger partial charge in [-0.2, -0.15) is 0 Å².